The molecule has 2 nitrogen and oxygen atoms in total. The molecule has 1 N–H and O–H groups in total. The summed E-state index contributed by atoms with van der Waals surface area (Å²) in [6, 6.07) is 3.83. The Hall–Kier alpha value is -1.00. The Bertz CT molecular complexity index is 367. The van der Waals surface area contributed by atoms with Crippen LogP contribution in [0.25, 0.3) is 0 Å². The largest absolute Gasteiger partial charge is 0.396 e. The molecule has 18 heavy (non-hydrogen) atoms. The molecule has 1 aliphatic rings. The van der Waals surface area contributed by atoms with Gasteiger partial charge in [-0.2, -0.15) is 0 Å². The first-order valence-corrected chi connectivity index (χ1v) is 6.36. The van der Waals surface area contributed by atoms with Crippen LogP contribution in [0.4, 0.5) is 8.78 Å². The lowest BCUT2D eigenvalue weighted by Crippen LogP contribution is -2.23. The Kier molecular flexibility index (Phi) is 4.66. The molecule has 0 amide bonds. The highest BCUT2D eigenvalue weighted by molar-refractivity contribution is 5.18. The first-order valence-electron chi connectivity index (χ1n) is 6.36. The number of aliphatic hydroxyl groups is 1. The van der Waals surface area contributed by atoms with Crippen molar-refractivity contribution in [3.63, 3.8) is 0 Å². The van der Waals surface area contributed by atoms with Crippen LogP contribution in [-0.2, 0) is 11.3 Å². The molecule has 0 atom stereocenters. The van der Waals surface area contributed by atoms with Crippen LogP contribution in [0.1, 0.15) is 31.2 Å². The summed E-state index contributed by atoms with van der Waals surface area (Å²) < 4.78 is 32.3. The fraction of sp³-hybridized carbons (Fsp3) is 0.571. The SMILES string of the molecule is OCC1CCC(OCc2c(F)cccc2F)CC1. The molecule has 0 radical (unpaired) electrons. The Balaban J connectivity index is 1.85. The molecule has 0 unspecified atom stereocenters. The average molecular weight is 256 g/mol. The zero-order valence-corrected chi connectivity index (χ0v) is 10.2. The minimum atomic E-state index is -0.556. The maximum Gasteiger partial charge on any atom is 0.131 e. The molecule has 0 aromatic heterocycles. The lowest BCUT2D eigenvalue weighted by atomic mass is 9.88. The zero-order chi connectivity index (χ0) is 13.0. The summed E-state index contributed by atoms with van der Waals surface area (Å²) in [6.07, 6.45) is 3.58. The predicted molar refractivity (Wildman–Crippen MR) is 64.0 cm³/mol. The molecule has 0 spiro atoms. The van der Waals surface area contributed by atoms with Gasteiger partial charge >= 0.3 is 0 Å². The van der Waals surface area contributed by atoms with E-state index in [0.29, 0.717) is 5.92 Å². The van der Waals surface area contributed by atoms with Crippen molar-refractivity contribution in [3.8, 4) is 0 Å². The van der Waals surface area contributed by atoms with Gasteiger partial charge in [-0.15, -0.1) is 0 Å². The van der Waals surface area contributed by atoms with Gasteiger partial charge in [-0.25, -0.2) is 8.78 Å². The summed E-state index contributed by atoms with van der Waals surface area (Å²) in [6.45, 7) is 0.196. The van der Waals surface area contributed by atoms with Crippen LogP contribution in [0, 0.1) is 17.6 Å². The molecule has 100 valence electrons. The number of halogens is 2. The number of benzene rings is 1. The maximum absolute atomic E-state index is 13.4. The first-order chi connectivity index (χ1) is 8.70. The summed E-state index contributed by atoms with van der Waals surface area (Å²) in [7, 11) is 0. The van der Waals surface area contributed by atoms with Gasteiger partial charge in [0, 0.05) is 12.2 Å². The summed E-state index contributed by atoms with van der Waals surface area (Å²) in [5.74, 6) is -0.756. The monoisotopic (exact) mass is 256 g/mol. The Morgan fingerprint density at radius 3 is 2.28 bits per heavy atom. The smallest absolute Gasteiger partial charge is 0.131 e. The van der Waals surface area contributed by atoms with E-state index in [-0.39, 0.29) is 24.9 Å². The van der Waals surface area contributed by atoms with Gasteiger partial charge in [-0.05, 0) is 43.7 Å². The van der Waals surface area contributed by atoms with E-state index in [4.69, 9.17) is 9.84 Å². The molecule has 1 aromatic carbocycles. The number of hydrogen-bond acceptors (Lipinski definition) is 2. The highest BCUT2D eigenvalue weighted by Crippen LogP contribution is 2.26. The van der Waals surface area contributed by atoms with E-state index in [1.807, 2.05) is 0 Å². The molecule has 0 heterocycles. The second-order valence-electron chi connectivity index (χ2n) is 4.84. The minimum absolute atomic E-state index is 0.00165. The molecule has 2 rings (SSSR count). The molecular weight excluding hydrogens is 238 g/mol. The number of rotatable bonds is 4. The topological polar surface area (TPSA) is 29.5 Å². The third-order valence-corrected chi connectivity index (χ3v) is 3.58. The maximum atomic E-state index is 13.4. The zero-order valence-electron chi connectivity index (χ0n) is 10.2. The van der Waals surface area contributed by atoms with E-state index >= 15 is 0 Å². The van der Waals surface area contributed by atoms with Crippen molar-refractivity contribution in [1.82, 2.24) is 0 Å². The number of aliphatic hydroxyl groups excluding tert-OH is 1. The second kappa shape index (κ2) is 6.25. The fourth-order valence-electron chi connectivity index (χ4n) is 2.35. The van der Waals surface area contributed by atoms with Crippen molar-refractivity contribution in [1.29, 1.82) is 0 Å². The van der Waals surface area contributed by atoms with Crippen LogP contribution in [0.2, 0.25) is 0 Å². The van der Waals surface area contributed by atoms with E-state index in [1.54, 1.807) is 0 Å². The Labute approximate surface area is 106 Å². The van der Waals surface area contributed by atoms with E-state index in [9.17, 15) is 8.78 Å². The van der Waals surface area contributed by atoms with Crippen molar-refractivity contribution in [3.05, 3.63) is 35.4 Å². The lowest BCUT2D eigenvalue weighted by Gasteiger charge is -2.27. The van der Waals surface area contributed by atoms with Crippen LogP contribution < -0.4 is 0 Å². The Morgan fingerprint density at radius 1 is 1.11 bits per heavy atom. The van der Waals surface area contributed by atoms with E-state index in [1.165, 1.54) is 18.2 Å². The van der Waals surface area contributed by atoms with Gasteiger partial charge in [-0.1, -0.05) is 6.07 Å². The van der Waals surface area contributed by atoms with Crippen molar-refractivity contribution in [2.75, 3.05) is 6.61 Å². The van der Waals surface area contributed by atoms with Crippen LogP contribution in [0.15, 0.2) is 18.2 Å². The van der Waals surface area contributed by atoms with Gasteiger partial charge < -0.3 is 9.84 Å². The van der Waals surface area contributed by atoms with Crippen molar-refractivity contribution in [2.45, 2.75) is 38.4 Å². The quantitative estimate of drug-likeness (QED) is 0.897. The molecule has 1 fully saturated rings. The molecule has 1 aliphatic carbocycles. The van der Waals surface area contributed by atoms with Crippen molar-refractivity contribution in [2.24, 2.45) is 5.92 Å². The molecule has 1 saturated carbocycles. The molecule has 0 aliphatic heterocycles. The minimum Gasteiger partial charge on any atom is -0.396 e. The fourth-order valence-corrected chi connectivity index (χ4v) is 2.35. The van der Waals surface area contributed by atoms with Gasteiger partial charge in [-0.3, -0.25) is 0 Å². The summed E-state index contributed by atoms with van der Waals surface area (Å²) >= 11 is 0. The molecule has 0 saturated heterocycles. The van der Waals surface area contributed by atoms with Crippen molar-refractivity contribution >= 4 is 0 Å². The molecular formula is C14H18F2O2. The third-order valence-electron chi connectivity index (χ3n) is 3.58. The summed E-state index contributed by atoms with van der Waals surface area (Å²) in [4.78, 5) is 0. The second-order valence-corrected chi connectivity index (χ2v) is 4.84. The van der Waals surface area contributed by atoms with Gasteiger partial charge in [0.05, 0.1) is 12.7 Å². The van der Waals surface area contributed by atoms with Gasteiger partial charge in [0.15, 0.2) is 0 Å². The lowest BCUT2D eigenvalue weighted by molar-refractivity contribution is -0.000978. The van der Waals surface area contributed by atoms with Gasteiger partial charge in [0.25, 0.3) is 0 Å². The van der Waals surface area contributed by atoms with Gasteiger partial charge in [0.2, 0.25) is 0 Å². The molecule has 4 heteroatoms. The van der Waals surface area contributed by atoms with Crippen LogP contribution in [0.3, 0.4) is 0 Å². The highest BCUT2D eigenvalue weighted by Gasteiger charge is 2.21. The van der Waals surface area contributed by atoms with E-state index in [0.717, 1.165) is 25.7 Å². The third kappa shape index (κ3) is 3.27. The van der Waals surface area contributed by atoms with Crippen molar-refractivity contribution < 1.29 is 18.6 Å². The Morgan fingerprint density at radius 2 is 1.72 bits per heavy atom. The first kappa shape index (κ1) is 13.4. The van der Waals surface area contributed by atoms with Crippen LogP contribution >= 0.6 is 0 Å². The van der Waals surface area contributed by atoms with Crippen LogP contribution in [-0.4, -0.2) is 17.8 Å². The summed E-state index contributed by atoms with van der Waals surface area (Å²) in [5, 5.41) is 9.02. The number of hydrogen-bond donors (Lipinski definition) is 1. The predicted octanol–water partition coefficient (Wildman–Crippen LogP) is 3.03. The number of ether oxygens (including phenoxy) is 1. The molecule has 1 aromatic rings. The average Bonchev–Trinajstić information content (AvgIpc) is 2.39. The highest BCUT2D eigenvalue weighted by atomic mass is 19.1. The molecule has 0 bridgehead atoms. The standard InChI is InChI=1S/C14H18F2O2/c15-13-2-1-3-14(16)12(13)9-18-11-6-4-10(8-17)5-7-11/h1-3,10-11,17H,4-9H2. The van der Waals surface area contributed by atoms with Gasteiger partial charge in [0.1, 0.15) is 11.6 Å². The van der Waals surface area contributed by atoms with E-state index < -0.39 is 11.6 Å². The normalized spacial score (nSPS) is 24.2. The van der Waals surface area contributed by atoms with Crippen LogP contribution in [0.5, 0.6) is 0 Å². The summed E-state index contributed by atoms with van der Waals surface area (Å²) in [5.41, 5.74) is 0.00165. The van der Waals surface area contributed by atoms with E-state index in [2.05, 4.69) is 0 Å².